The van der Waals surface area contributed by atoms with Crippen molar-refractivity contribution in [3.63, 3.8) is 0 Å². The number of likely N-dealkylation sites (N-methyl/N-ethyl adjacent to an activating group) is 1. The molecule has 0 aliphatic heterocycles. The molecule has 0 aliphatic carbocycles. The third-order valence-electron chi connectivity index (χ3n) is 3.15. The highest BCUT2D eigenvalue weighted by molar-refractivity contribution is 7.11. The lowest BCUT2D eigenvalue weighted by Gasteiger charge is -2.16. The molecule has 1 aromatic heterocycles. The first-order valence-electron chi connectivity index (χ1n) is 6.72. The van der Waals surface area contributed by atoms with Crippen LogP contribution in [-0.2, 0) is 12.6 Å². The van der Waals surface area contributed by atoms with Crippen molar-refractivity contribution in [2.24, 2.45) is 0 Å². The predicted octanol–water partition coefficient (Wildman–Crippen LogP) is 4.36. The SMILES string of the molecule is CCNC(Cc1ccc(C(F)(F)F)cc1)c1cnc(C)s1. The summed E-state index contributed by atoms with van der Waals surface area (Å²) in [7, 11) is 0. The van der Waals surface area contributed by atoms with Crippen LogP contribution in [0.2, 0.25) is 0 Å². The lowest BCUT2D eigenvalue weighted by Crippen LogP contribution is -2.22. The Balaban J connectivity index is 2.14. The van der Waals surface area contributed by atoms with Gasteiger partial charge < -0.3 is 5.32 Å². The Labute approximate surface area is 126 Å². The van der Waals surface area contributed by atoms with Gasteiger partial charge in [-0.1, -0.05) is 19.1 Å². The minimum Gasteiger partial charge on any atom is -0.309 e. The smallest absolute Gasteiger partial charge is 0.309 e. The number of halogens is 3. The molecule has 0 spiro atoms. The van der Waals surface area contributed by atoms with Crippen molar-refractivity contribution in [1.29, 1.82) is 0 Å². The van der Waals surface area contributed by atoms with E-state index in [0.717, 1.165) is 34.1 Å². The maximum atomic E-state index is 12.6. The van der Waals surface area contributed by atoms with Crippen molar-refractivity contribution in [2.45, 2.75) is 32.5 Å². The minimum atomic E-state index is -4.28. The Bertz CT molecular complexity index is 575. The lowest BCUT2D eigenvalue weighted by atomic mass is 10.0. The van der Waals surface area contributed by atoms with Gasteiger partial charge in [0.2, 0.25) is 0 Å². The zero-order valence-corrected chi connectivity index (χ0v) is 12.7. The molecule has 21 heavy (non-hydrogen) atoms. The van der Waals surface area contributed by atoms with E-state index in [4.69, 9.17) is 0 Å². The van der Waals surface area contributed by atoms with Gasteiger partial charge in [-0.15, -0.1) is 11.3 Å². The third kappa shape index (κ3) is 4.28. The maximum absolute atomic E-state index is 12.6. The Morgan fingerprint density at radius 2 is 1.90 bits per heavy atom. The Morgan fingerprint density at radius 1 is 1.24 bits per heavy atom. The van der Waals surface area contributed by atoms with Crippen LogP contribution in [0, 0.1) is 6.92 Å². The van der Waals surface area contributed by atoms with Crippen molar-refractivity contribution < 1.29 is 13.2 Å². The second kappa shape index (κ2) is 6.58. The van der Waals surface area contributed by atoms with Gasteiger partial charge in [0.25, 0.3) is 0 Å². The van der Waals surface area contributed by atoms with Gasteiger partial charge in [0, 0.05) is 17.1 Å². The summed E-state index contributed by atoms with van der Waals surface area (Å²) >= 11 is 1.61. The summed E-state index contributed by atoms with van der Waals surface area (Å²) in [6.07, 6.45) is -1.81. The fourth-order valence-corrected chi connectivity index (χ4v) is 2.99. The summed E-state index contributed by atoms with van der Waals surface area (Å²) in [6.45, 7) is 4.74. The Hall–Kier alpha value is -1.40. The first-order chi connectivity index (χ1) is 9.90. The molecule has 2 nitrogen and oxygen atoms in total. The molecule has 1 aromatic carbocycles. The summed E-state index contributed by atoms with van der Waals surface area (Å²) in [5.41, 5.74) is 0.264. The van der Waals surface area contributed by atoms with Gasteiger partial charge in [-0.2, -0.15) is 13.2 Å². The fourth-order valence-electron chi connectivity index (χ4n) is 2.12. The number of nitrogens with zero attached hydrogens (tertiary/aromatic N) is 1. The molecule has 2 rings (SSSR count). The standard InChI is InChI=1S/C15H17F3N2S/c1-3-19-13(14-9-20-10(2)21-14)8-11-4-6-12(7-5-11)15(16,17)18/h4-7,9,13,19H,3,8H2,1-2H3. The van der Waals surface area contributed by atoms with Gasteiger partial charge in [-0.25, -0.2) is 4.98 Å². The van der Waals surface area contributed by atoms with Crippen molar-refractivity contribution >= 4 is 11.3 Å². The topological polar surface area (TPSA) is 24.9 Å². The monoisotopic (exact) mass is 314 g/mol. The molecule has 2 aromatic rings. The van der Waals surface area contributed by atoms with E-state index in [9.17, 15) is 13.2 Å². The van der Waals surface area contributed by atoms with Gasteiger partial charge in [0.15, 0.2) is 0 Å². The summed E-state index contributed by atoms with van der Waals surface area (Å²) in [5.74, 6) is 0. The van der Waals surface area contributed by atoms with E-state index in [2.05, 4.69) is 10.3 Å². The van der Waals surface area contributed by atoms with Crippen LogP contribution in [0.25, 0.3) is 0 Å². The number of alkyl halides is 3. The zero-order valence-electron chi connectivity index (χ0n) is 11.9. The molecule has 0 amide bonds. The van der Waals surface area contributed by atoms with Crippen LogP contribution in [0.1, 0.15) is 34.0 Å². The number of thiazole rings is 1. The molecule has 114 valence electrons. The van der Waals surface area contributed by atoms with Crippen LogP contribution in [0.5, 0.6) is 0 Å². The van der Waals surface area contributed by atoms with E-state index in [0.29, 0.717) is 6.42 Å². The molecule has 0 radical (unpaired) electrons. The largest absolute Gasteiger partial charge is 0.416 e. The first kappa shape index (κ1) is 16.0. The number of aryl methyl sites for hydroxylation is 1. The van der Waals surface area contributed by atoms with Crippen LogP contribution in [0.3, 0.4) is 0 Å². The van der Waals surface area contributed by atoms with E-state index >= 15 is 0 Å². The molecule has 1 atom stereocenters. The summed E-state index contributed by atoms with van der Waals surface area (Å²) in [4.78, 5) is 5.34. The molecule has 6 heteroatoms. The van der Waals surface area contributed by atoms with Crippen molar-refractivity contribution in [3.8, 4) is 0 Å². The average Bonchev–Trinajstić information content (AvgIpc) is 2.84. The molecule has 1 unspecified atom stereocenters. The van der Waals surface area contributed by atoms with E-state index in [-0.39, 0.29) is 6.04 Å². The number of hydrogen-bond acceptors (Lipinski definition) is 3. The molecular formula is C15H17F3N2S. The van der Waals surface area contributed by atoms with E-state index < -0.39 is 11.7 Å². The second-order valence-corrected chi connectivity index (χ2v) is 6.06. The van der Waals surface area contributed by atoms with E-state index in [1.54, 1.807) is 23.5 Å². The van der Waals surface area contributed by atoms with Crippen molar-refractivity contribution in [1.82, 2.24) is 10.3 Å². The molecule has 0 aliphatic rings. The number of rotatable bonds is 5. The van der Waals surface area contributed by atoms with Crippen molar-refractivity contribution in [3.05, 3.63) is 51.5 Å². The van der Waals surface area contributed by atoms with Gasteiger partial charge in [0.05, 0.1) is 10.6 Å². The zero-order chi connectivity index (χ0) is 15.5. The highest BCUT2D eigenvalue weighted by Gasteiger charge is 2.30. The highest BCUT2D eigenvalue weighted by atomic mass is 32.1. The minimum absolute atomic E-state index is 0.0814. The summed E-state index contributed by atoms with van der Waals surface area (Å²) in [6, 6.07) is 5.44. The molecular weight excluding hydrogens is 297 g/mol. The third-order valence-corrected chi connectivity index (χ3v) is 4.18. The predicted molar refractivity (Wildman–Crippen MR) is 78.4 cm³/mol. The second-order valence-electron chi connectivity index (χ2n) is 4.79. The summed E-state index contributed by atoms with van der Waals surface area (Å²) < 4.78 is 37.7. The van der Waals surface area contributed by atoms with Gasteiger partial charge in [-0.3, -0.25) is 0 Å². The molecule has 0 fully saturated rings. The Kier molecular flexibility index (Phi) is 5.00. The first-order valence-corrected chi connectivity index (χ1v) is 7.53. The molecule has 0 bridgehead atoms. The highest BCUT2D eigenvalue weighted by Crippen LogP contribution is 2.30. The molecule has 1 heterocycles. The maximum Gasteiger partial charge on any atom is 0.416 e. The summed E-state index contributed by atoms with van der Waals surface area (Å²) in [5, 5.41) is 4.34. The fraction of sp³-hybridized carbons (Fsp3) is 0.400. The van der Waals surface area contributed by atoms with Crippen LogP contribution in [0.15, 0.2) is 30.5 Å². The number of hydrogen-bond donors (Lipinski definition) is 1. The molecule has 0 saturated carbocycles. The van der Waals surface area contributed by atoms with Crippen LogP contribution < -0.4 is 5.32 Å². The van der Waals surface area contributed by atoms with Crippen molar-refractivity contribution in [2.75, 3.05) is 6.54 Å². The van der Waals surface area contributed by atoms with Crippen LogP contribution in [0.4, 0.5) is 13.2 Å². The number of aromatic nitrogens is 1. The normalized spacial score (nSPS) is 13.4. The number of nitrogens with one attached hydrogen (secondary N) is 1. The van der Waals surface area contributed by atoms with Gasteiger partial charge >= 0.3 is 6.18 Å². The molecule has 1 N–H and O–H groups in total. The van der Waals surface area contributed by atoms with E-state index in [1.165, 1.54) is 0 Å². The quantitative estimate of drug-likeness (QED) is 0.887. The lowest BCUT2D eigenvalue weighted by molar-refractivity contribution is -0.137. The van der Waals surface area contributed by atoms with E-state index in [1.807, 2.05) is 20.0 Å². The molecule has 0 saturated heterocycles. The van der Waals surface area contributed by atoms with Gasteiger partial charge in [0.1, 0.15) is 0 Å². The van der Waals surface area contributed by atoms with Gasteiger partial charge in [-0.05, 0) is 37.6 Å². The van der Waals surface area contributed by atoms with Crippen LogP contribution in [-0.4, -0.2) is 11.5 Å². The number of benzene rings is 1. The Morgan fingerprint density at radius 3 is 2.38 bits per heavy atom. The van der Waals surface area contributed by atoms with Crippen LogP contribution >= 0.6 is 11.3 Å². The average molecular weight is 314 g/mol.